The Bertz CT molecular complexity index is 1710. The van der Waals surface area contributed by atoms with Crippen LogP contribution in [0.5, 0.6) is 0 Å². The van der Waals surface area contributed by atoms with Crippen molar-refractivity contribution in [2.45, 2.75) is 43.1 Å². The number of nitrogen functional groups attached to an aromatic ring is 2. The molecule has 3 aliphatic rings. The van der Waals surface area contributed by atoms with E-state index in [1.165, 1.54) is 40.4 Å². The second kappa shape index (κ2) is 11.0. The number of nitrogens with zero attached hydrogens (tertiary/aromatic N) is 7. The van der Waals surface area contributed by atoms with E-state index in [2.05, 4.69) is 24.9 Å². The van der Waals surface area contributed by atoms with Gasteiger partial charge in [-0.1, -0.05) is 0 Å². The van der Waals surface area contributed by atoms with Crippen LogP contribution < -0.4 is 11.5 Å². The molecule has 0 aliphatic carbocycles. The van der Waals surface area contributed by atoms with Crippen molar-refractivity contribution < 1.29 is 41.3 Å². The topological polar surface area (TPSA) is 210 Å². The van der Waals surface area contributed by atoms with Gasteiger partial charge in [0.15, 0.2) is 41.9 Å². The number of alkyl halides is 2. The minimum Gasteiger partial charge on any atom is -0.397 e. The first-order valence-electron chi connectivity index (χ1n) is 13.2. The van der Waals surface area contributed by atoms with Gasteiger partial charge in [0.25, 0.3) is 0 Å². The number of hydrogen-bond donors (Lipinski definition) is 3. The molecule has 4 aromatic rings. The van der Waals surface area contributed by atoms with Gasteiger partial charge in [0.05, 0.1) is 37.7 Å². The van der Waals surface area contributed by atoms with Crippen LogP contribution in [0.3, 0.4) is 0 Å². The summed E-state index contributed by atoms with van der Waals surface area (Å²) in [5.74, 6) is -1.07. The van der Waals surface area contributed by atoms with Gasteiger partial charge < -0.3 is 39.4 Å². The molecule has 3 aliphatic heterocycles. The van der Waals surface area contributed by atoms with E-state index in [0.717, 1.165) is 0 Å². The number of hydrogen-bond acceptors (Lipinski definition) is 14. The lowest BCUT2D eigenvalue weighted by Gasteiger charge is -2.29. The fraction of sp³-hybridized carbons (Fsp3) is 0.500. The number of nitrogens with two attached hydrogens (primary N) is 2. The third-order valence-electron chi connectivity index (χ3n) is 7.75. The molecule has 5 N–H and O–H groups in total. The van der Waals surface area contributed by atoms with E-state index in [9.17, 15) is 9.46 Å². The number of fused-ring (bicyclic) bond motifs is 4. The fourth-order valence-corrected chi connectivity index (χ4v) is 8.61. The SMILES string of the molecule is [B][P@]1(=O)C[C@H]2[C@@H](F)[C@H](n3cnc4c(N)ncnc43)O[C@@H]2COP(O)(=S)O[C@@H]2[C@@H](CO1)OC(n1cnc3c(N)ccnc31)[C@@H]2F. The van der Waals surface area contributed by atoms with Crippen molar-refractivity contribution in [3.8, 4) is 0 Å². The van der Waals surface area contributed by atoms with Crippen molar-refractivity contribution in [3.05, 3.63) is 31.2 Å². The number of imidazole rings is 2. The average molecular weight is 669 g/mol. The summed E-state index contributed by atoms with van der Waals surface area (Å²) in [6.45, 7) is -5.25. The summed E-state index contributed by atoms with van der Waals surface area (Å²) in [6, 6.07) is 1.54. The molecule has 4 aromatic heterocycles. The third kappa shape index (κ3) is 5.21. The van der Waals surface area contributed by atoms with Gasteiger partial charge in [-0.3, -0.25) is 13.7 Å². The van der Waals surface area contributed by atoms with Crippen LogP contribution in [-0.2, 0) is 39.4 Å². The molecule has 232 valence electrons. The van der Waals surface area contributed by atoms with E-state index in [0.29, 0.717) is 11.2 Å². The van der Waals surface area contributed by atoms with Gasteiger partial charge in [-0.05, 0) is 17.9 Å². The van der Waals surface area contributed by atoms with Crippen molar-refractivity contribution in [2.75, 3.05) is 30.8 Å². The summed E-state index contributed by atoms with van der Waals surface area (Å²) in [6.07, 6.45) is -5.72. The maximum Gasteiger partial charge on any atom is 0.325 e. The number of rotatable bonds is 2. The summed E-state index contributed by atoms with van der Waals surface area (Å²) in [5.41, 5.74) is 13.1. The lowest BCUT2D eigenvalue weighted by Crippen LogP contribution is -2.36. The first-order valence-corrected chi connectivity index (χ1v) is 17.7. The zero-order valence-electron chi connectivity index (χ0n) is 22.4. The molecule has 44 heavy (non-hydrogen) atoms. The predicted molar refractivity (Wildman–Crippen MR) is 154 cm³/mol. The van der Waals surface area contributed by atoms with Crippen molar-refractivity contribution in [2.24, 2.45) is 5.92 Å². The second-order valence-corrected chi connectivity index (χ2v) is 15.4. The summed E-state index contributed by atoms with van der Waals surface area (Å²) in [4.78, 5) is 31.5. The van der Waals surface area contributed by atoms with Gasteiger partial charge >= 0.3 is 6.72 Å². The van der Waals surface area contributed by atoms with Crippen LogP contribution in [0.1, 0.15) is 12.5 Å². The van der Waals surface area contributed by atoms with Crippen LogP contribution in [0.4, 0.5) is 20.3 Å². The van der Waals surface area contributed by atoms with Crippen molar-refractivity contribution in [3.63, 3.8) is 0 Å². The molecule has 3 saturated heterocycles. The number of ether oxygens (including phenoxy) is 2. The standard InChI is InChI=1S/C22H24BF2N9O7P2S/c23-42(35)5-9-11(39-21(13(9)24)34-8-32-16-18(27)29-6-30-20(16)34)3-38-43(36,44)41-17-12(4-37-42)40-22(14(17)25)33-7-31-15-10(26)1-2-28-19(15)33/h1-2,6-9,11-14,17,21-22H,3-5H2,(H2,26,28)(H,36,44)(H2,27,29,30)/t9-,11-,12-,13-,14-,17-,21-,22?,42+,43?/m1/s1. The summed E-state index contributed by atoms with van der Waals surface area (Å²) in [5, 5.41) is 0. The summed E-state index contributed by atoms with van der Waals surface area (Å²) < 4.78 is 76.7. The second-order valence-electron chi connectivity index (χ2n) is 10.5. The van der Waals surface area contributed by atoms with Crippen molar-refractivity contribution in [1.82, 2.24) is 34.1 Å². The smallest absolute Gasteiger partial charge is 0.325 e. The van der Waals surface area contributed by atoms with Crippen molar-refractivity contribution in [1.29, 1.82) is 0 Å². The molecular weight excluding hydrogens is 645 g/mol. The summed E-state index contributed by atoms with van der Waals surface area (Å²) >= 11 is 5.19. The molecule has 0 saturated carbocycles. The third-order valence-corrected chi connectivity index (χ3v) is 10.8. The van der Waals surface area contributed by atoms with E-state index < -0.39 is 82.4 Å². The van der Waals surface area contributed by atoms with Crippen molar-refractivity contribution >= 4 is 67.2 Å². The lowest BCUT2D eigenvalue weighted by molar-refractivity contribution is -0.0466. The molecule has 7 heterocycles. The minimum atomic E-state index is -4.19. The van der Waals surface area contributed by atoms with Crippen LogP contribution in [-0.4, -0.2) is 96.5 Å². The van der Waals surface area contributed by atoms with Crippen LogP contribution >= 0.6 is 14.0 Å². The van der Waals surface area contributed by atoms with Crippen LogP contribution in [0.15, 0.2) is 31.2 Å². The Morgan fingerprint density at radius 1 is 0.955 bits per heavy atom. The molecule has 0 bridgehead atoms. The normalized spacial score (nSPS) is 38.2. The monoisotopic (exact) mass is 669 g/mol. The predicted octanol–water partition coefficient (Wildman–Crippen LogP) is 1.53. The van der Waals surface area contributed by atoms with Gasteiger partial charge in [0.1, 0.15) is 36.8 Å². The molecule has 0 amide bonds. The fourth-order valence-electron chi connectivity index (χ4n) is 5.64. The Morgan fingerprint density at radius 2 is 1.61 bits per heavy atom. The van der Waals surface area contributed by atoms with E-state index in [-0.39, 0.29) is 22.6 Å². The first-order chi connectivity index (χ1) is 20.9. The molecular formula is C22H24BF2N9O7P2S. The highest BCUT2D eigenvalue weighted by Gasteiger charge is 2.53. The zero-order chi connectivity index (χ0) is 31.0. The number of halogens is 2. The molecule has 2 unspecified atom stereocenters. The average Bonchev–Trinajstić information content (AvgIpc) is 3.73. The first kappa shape index (κ1) is 30.0. The largest absolute Gasteiger partial charge is 0.397 e. The Morgan fingerprint density at radius 3 is 2.39 bits per heavy atom. The molecule has 22 heteroatoms. The quantitative estimate of drug-likeness (QED) is 0.204. The van der Waals surface area contributed by atoms with Gasteiger partial charge in [-0.15, -0.1) is 0 Å². The molecule has 2 radical (unpaired) electrons. The molecule has 3 fully saturated rings. The van der Waals surface area contributed by atoms with E-state index in [1.807, 2.05) is 0 Å². The Hall–Kier alpha value is -2.67. The van der Waals surface area contributed by atoms with Gasteiger partial charge in [-0.2, -0.15) is 0 Å². The zero-order valence-corrected chi connectivity index (χ0v) is 25.1. The Balaban J connectivity index is 1.17. The van der Waals surface area contributed by atoms with Gasteiger partial charge in [0.2, 0.25) is 7.57 Å². The molecule has 10 atom stereocenters. The van der Waals surface area contributed by atoms with E-state index in [4.69, 9.17) is 53.9 Å². The molecule has 7 rings (SSSR count). The maximum absolute atomic E-state index is 16.1. The number of aromatic nitrogens is 7. The van der Waals surface area contributed by atoms with Crippen LogP contribution in [0.2, 0.25) is 0 Å². The Kier molecular flexibility index (Phi) is 7.50. The lowest BCUT2D eigenvalue weighted by atomic mass is 10.0. The minimum absolute atomic E-state index is 0.0813. The maximum atomic E-state index is 16.1. The highest BCUT2D eigenvalue weighted by molar-refractivity contribution is 8.07. The molecule has 0 aromatic carbocycles. The Labute approximate surface area is 253 Å². The highest BCUT2D eigenvalue weighted by atomic mass is 32.5. The van der Waals surface area contributed by atoms with Crippen LogP contribution in [0, 0.1) is 5.92 Å². The number of anilines is 2. The summed E-state index contributed by atoms with van der Waals surface area (Å²) in [7, 11) is 2.00. The van der Waals surface area contributed by atoms with E-state index >= 15 is 8.78 Å². The van der Waals surface area contributed by atoms with Gasteiger partial charge in [-0.25, -0.2) is 33.7 Å². The molecule has 16 nitrogen and oxygen atoms in total. The molecule has 0 spiro atoms. The van der Waals surface area contributed by atoms with E-state index in [1.54, 1.807) is 0 Å². The van der Waals surface area contributed by atoms with Crippen LogP contribution in [0.25, 0.3) is 22.3 Å². The number of pyridine rings is 1. The highest BCUT2D eigenvalue weighted by Crippen LogP contribution is 2.54. The van der Waals surface area contributed by atoms with Gasteiger partial charge in [0, 0.05) is 18.3 Å².